The number of hydrogen-bond acceptors (Lipinski definition) is 1. The first-order valence-electron chi connectivity index (χ1n) is 21.3. The summed E-state index contributed by atoms with van der Waals surface area (Å²) in [5.74, 6) is 1.98. The Bertz CT molecular complexity index is 2950. The molecule has 0 saturated carbocycles. The molecule has 2 aliphatic rings. The van der Waals surface area contributed by atoms with Crippen LogP contribution in [-0.4, -0.2) is 12.6 Å². The average molecular weight is 794 g/mol. The summed E-state index contributed by atoms with van der Waals surface area (Å²) in [4.78, 5) is 0. The highest BCUT2D eigenvalue weighted by Gasteiger charge is 2.44. The van der Waals surface area contributed by atoms with Gasteiger partial charge in [0.1, 0.15) is 11.4 Å². The Morgan fingerprint density at radius 1 is 0.793 bits per heavy atom. The molecular formula is C53H55N3SSi+2. The summed E-state index contributed by atoms with van der Waals surface area (Å²) in [5, 5.41) is 4.29. The minimum absolute atomic E-state index is 0.0685. The van der Waals surface area contributed by atoms with Gasteiger partial charge in [0.15, 0.2) is 23.3 Å². The Morgan fingerprint density at radius 2 is 1.52 bits per heavy atom. The Kier molecular flexibility index (Phi) is 8.64. The fraction of sp³-hybridized carbons (Fsp3) is 0.283. The number of aromatic nitrogens is 3. The van der Waals surface area contributed by atoms with Crippen LogP contribution in [-0.2, 0) is 11.8 Å². The Labute approximate surface area is 349 Å². The van der Waals surface area contributed by atoms with Gasteiger partial charge in [0.25, 0.3) is 5.82 Å². The standard InChI is InChI=1S/C53H55N3SSi/c1-33(2)42-30-48-39-17-11-10-16-38(39)40-27-22-35-29-44-41-18-12-15-21-49(41)57-50(44)31-43(35)52-55(34(3)28-47(40)54(48)32-51(42)58(7,8)9)45-19-13-14-20-46(45)56(52)37-25-23-36(24-26-37)53(4,5)6/h10-21,23-26,29-33,40,47H,3,22,27-28H2,1-2,4-9H3/q+2. The molecule has 0 radical (unpaired) electrons. The fourth-order valence-corrected chi connectivity index (χ4v) is 13.1. The van der Waals surface area contributed by atoms with Gasteiger partial charge in [0.05, 0.1) is 20.1 Å². The van der Waals surface area contributed by atoms with Crippen molar-refractivity contribution in [2.24, 2.45) is 0 Å². The van der Waals surface area contributed by atoms with E-state index in [4.69, 9.17) is 6.58 Å². The summed E-state index contributed by atoms with van der Waals surface area (Å²) >= 11 is 1.91. The number of imidazole rings is 1. The summed E-state index contributed by atoms with van der Waals surface area (Å²) in [5.41, 5.74) is 14.5. The highest BCUT2D eigenvalue weighted by Crippen LogP contribution is 2.47. The lowest BCUT2D eigenvalue weighted by Crippen LogP contribution is -2.54. The van der Waals surface area contributed by atoms with Gasteiger partial charge in [-0.1, -0.05) is 122 Å². The molecule has 58 heavy (non-hydrogen) atoms. The maximum absolute atomic E-state index is 5.09. The van der Waals surface area contributed by atoms with Gasteiger partial charge >= 0.3 is 0 Å². The smallest absolute Gasteiger partial charge is 0.195 e. The van der Waals surface area contributed by atoms with E-state index in [1.54, 1.807) is 5.19 Å². The molecule has 2 aliphatic heterocycles. The van der Waals surface area contributed by atoms with Gasteiger partial charge in [0, 0.05) is 42.9 Å². The van der Waals surface area contributed by atoms with Gasteiger partial charge in [-0.05, 0) is 95.0 Å². The maximum atomic E-state index is 5.09. The van der Waals surface area contributed by atoms with Crippen LogP contribution in [0.5, 0.6) is 0 Å². The fourth-order valence-electron chi connectivity index (χ4n) is 10.2. The lowest BCUT2D eigenvalue weighted by Gasteiger charge is -2.33. The van der Waals surface area contributed by atoms with Crippen LogP contribution in [0.1, 0.15) is 87.6 Å². The zero-order valence-corrected chi connectivity index (χ0v) is 37.2. The van der Waals surface area contributed by atoms with Crippen molar-refractivity contribution in [2.45, 2.75) is 96.8 Å². The molecular weight excluding hydrogens is 739 g/mol. The third-order valence-electron chi connectivity index (χ3n) is 13.1. The Hall–Kier alpha value is -5.10. The van der Waals surface area contributed by atoms with Crippen LogP contribution >= 0.6 is 11.3 Å². The molecule has 5 heterocycles. The molecule has 0 fully saturated rings. The molecule has 5 aromatic carbocycles. The molecule has 0 spiro atoms. The molecule has 0 aliphatic carbocycles. The third-order valence-corrected chi connectivity index (χ3v) is 16.3. The van der Waals surface area contributed by atoms with Crippen molar-refractivity contribution in [1.29, 1.82) is 0 Å². The average Bonchev–Trinajstić information content (AvgIpc) is 3.74. The maximum Gasteiger partial charge on any atom is 0.300 e. The SMILES string of the molecule is C=C1CC2C(CCc3cc4c(cc3-c3n1c1ccccc1[n+]3-c1ccc(C(C)(C)C)cc1)sc1ccccc14)c1ccccc1-c1cc(C(C)C)c([Si](C)(C)C)c[n+]12. The number of pyridine rings is 1. The van der Waals surface area contributed by atoms with E-state index in [0.29, 0.717) is 11.8 Å². The van der Waals surface area contributed by atoms with Crippen LogP contribution < -0.4 is 14.3 Å². The summed E-state index contributed by atoms with van der Waals surface area (Å²) in [7, 11) is -1.69. The quantitative estimate of drug-likeness (QED) is 0.125. The van der Waals surface area contributed by atoms with Gasteiger partial charge in [-0.25, -0.2) is 0 Å². The molecule has 0 amide bonds. The second kappa shape index (κ2) is 13.5. The van der Waals surface area contributed by atoms with Crippen LogP contribution in [0.15, 0.2) is 128 Å². The van der Waals surface area contributed by atoms with Gasteiger partial charge < -0.3 is 0 Å². The van der Waals surface area contributed by atoms with Crippen LogP contribution in [0, 0.1) is 0 Å². The van der Waals surface area contributed by atoms with Crippen molar-refractivity contribution in [2.75, 3.05) is 0 Å². The first-order valence-corrected chi connectivity index (χ1v) is 25.6. The molecule has 2 atom stereocenters. The number of thiophene rings is 1. The van der Waals surface area contributed by atoms with E-state index in [-0.39, 0.29) is 11.5 Å². The minimum Gasteiger partial charge on any atom is -0.195 e. The normalized spacial score (nSPS) is 16.9. The number of fused-ring (bicyclic) bond motifs is 14. The number of aryl methyl sites for hydroxylation is 1. The van der Waals surface area contributed by atoms with Gasteiger partial charge in [-0.15, -0.1) is 11.3 Å². The monoisotopic (exact) mass is 793 g/mol. The molecule has 0 N–H and O–H groups in total. The van der Waals surface area contributed by atoms with Crippen LogP contribution in [0.25, 0.3) is 65.2 Å². The minimum atomic E-state index is -1.69. The molecule has 3 nitrogen and oxygen atoms in total. The van der Waals surface area contributed by atoms with Crippen molar-refractivity contribution >= 4 is 61.5 Å². The Balaban J connectivity index is 1.28. The molecule has 8 aromatic rings. The van der Waals surface area contributed by atoms with Gasteiger partial charge in [-0.3, -0.25) is 0 Å². The van der Waals surface area contributed by atoms with Gasteiger partial charge in [0.2, 0.25) is 5.69 Å². The second-order valence-electron chi connectivity index (χ2n) is 19.3. The van der Waals surface area contributed by atoms with E-state index in [0.717, 1.165) is 25.0 Å². The molecule has 2 unspecified atom stereocenters. The first kappa shape index (κ1) is 37.2. The number of benzene rings is 5. The third kappa shape index (κ3) is 5.87. The zero-order chi connectivity index (χ0) is 40.2. The van der Waals surface area contributed by atoms with Crippen molar-refractivity contribution in [3.05, 3.63) is 150 Å². The van der Waals surface area contributed by atoms with Crippen molar-refractivity contribution in [1.82, 2.24) is 4.57 Å². The van der Waals surface area contributed by atoms with Crippen molar-refractivity contribution in [3.63, 3.8) is 0 Å². The summed E-state index contributed by atoms with van der Waals surface area (Å²) in [6, 6.07) is 44.4. The molecule has 5 heteroatoms. The first-order chi connectivity index (χ1) is 27.8. The number of hydrogen-bond donors (Lipinski definition) is 0. The van der Waals surface area contributed by atoms with Crippen molar-refractivity contribution < 1.29 is 9.13 Å². The zero-order valence-electron chi connectivity index (χ0n) is 35.4. The number of rotatable bonds is 3. The molecule has 3 aromatic heterocycles. The van der Waals surface area contributed by atoms with Gasteiger partial charge in [-0.2, -0.15) is 13.7 Å². The second-order valence-corrected chi connectivity index (χ2v) is 25.4. The van der Waals surface area contributed by atoms with Crippen LogP contribution in [0.4, 0.5) is 0 Å². The highest BCUT2D eigenvalue weighted by atomic mass is 32.1. The molecule has 0 bridgehead atoms. The number of para-hydroxylation sites is 2. The topological polar surface area (TPSA) is 12.7 Å². The van der Waals surface area contributed by atoms with E-state index in [1.165, 1.54) is 81.8 Å². The largest absolute Gasteiger partial charge is 0.300 e. The van der Waals surface area contributed by atoms with E-state index in [9.17, 15) is 0 Å². The van der Waals surface area contributed by atoms with E-state index in [2.05, 4.69) is 189 Å². The Morgan fingerprint density at radius 3 is 2.28 bits per heavy atom. The predicted molar refractivity (Wildman–Crippen MR) is 250 cm³/mol. The molecule has 10 rings (SSSR count). The number of allylic oxidation sites excluding steroid dienone is 1. The lowest BCUT2D eigenvalue weighted by molar-refractivity contribution is -0.716. The lowest BCUT2D eigenvalue weighted by atomic mass is 9.77. The van der Waals surface area contributed by atoms with Crippen LogP contribution in [0.3, 0.4) is 0 Å². The van der Waals surface area contributed by atoms with E-state index in [1.807, 2.05) is 11.3 Å². The summed E-state index contributed by atoms with van der Waals surface area (Å²) in [6.45, 7) is 24.3. The van der Waals surface area contributed by atoms with Crippen LogP contribution in [0.2, 0.25) is 19.6 Å². The van der Waals surface area contributed by atoms with E-state index < -0.39 is 8.07 Å². The number of nitrogens with zero attached hydrogens (tertiary/aromatic N) is 3. The predicted octanol–water partition coefficient (Wildman–Crippen LogP) is 13.0. The highest BCUT2D eigenvalue weighted by molar-refractivity contribution is 7.25. The molecule has 290 valence electrons. The van der Waals surface area contributed by atoms with E-state index >= 15 is 0 Å². The summed E-state index contributed by atoms with van der Waals surface area (Å²) < 4.78 is 10.4. The van der Waals surface area contributed by atoms with Crippen molar-refractivity contribution in [3.8, 4) is 28.3 Å². The molecule has 0 saturated heterocycles. The summed E-state index contributed by atoms with van der Waals surface area (Å²) in [6.07, 6.45) is 5.47.